The van der Waals surface area contributed by atoms with Crippen LogP contribution in [0.15, 0.2) is 36.1 Å². The number of nitriles is 1. The molecule has 42 heavy (non-hydrogen) atoms. The molecule has 0 radical (unpaired) electrons. The lowest BCUT2D eigenvalue weighted by Gasteiger charge is -2.42. The number of carbonyl (C=O) groups is 1. The Balaban J connectivity index is 1.31. The third-order valence-electron chi connectivity index (χ3n) is 8.35. The molecule has 1 aromatic carbocycles. The van der Waals surface area contributed by atoms with Gasteiger partial charge in [-0.3, -0.25) is 9.69 Å². The van der Waals surface area contributed by atoms with Crippen molar-refractivity contribution >= 4 is 39.0 Å². The largest absolute Gasteiger partial charge is 0.462 e. The van der Waals surface area contributed by atoms with Crippen LogP contribution in [0.3, 0.4) is 0 Å². The first-order valence-corrected chi connectivity index (χ1v) is 14.9. The van der Waals surface area contributed by atoms with Gasteiger partial charge in [0.25, 0.3) is 5.91 Å². The number of rotatable bonds is 7. The van der Waals surface area contributed by atoms with Crippen molar-refractivity contribution in [1.82, 2.24) is 24.8 Å². The molecule has 3 atom stereocenters. The number of amides is 1. The van der Waals surface area contributed by atoms with Gasteiger partial charge >= 0.3 is 6.01 Å². The number of alkyl halides is 1. The first-order chi connectivity index (χ1) is 20.3. The molecule has 3 aromatic rings. The maximum Gasteiger partial charge on any atom is 0.318 e. The Morgan fingerprint density at radius 1 is 1.21 bits per heavy atom. The number of nitrogens with zero attached hydrogens (tertiary/aromatic N) is 8. The van der Waals surface area contributed by atoms with Crippen LogP contribution in [0.5, 0.6) is 6.01 Å². The molecule has 0 aliphatic carbocycles. The topological polar surface area (TPSA) is 102 Å². The second kappa shape index (κ2) is 11.8. The number of hydrogen-bond donors (Lipinski definition) is 0. The minimum absolute atomic E-state index is 0.0516. The fourth-order valence-corrected chi connectivity index (χ4v) is 6.87. The molecule has 0 spiro atoms. The Hall–Kier alpha value is -3.89. The summed E-state index contributed by atoms with van der Waals surface area (Å²) in [6.45, 7) is 5.98. The number of piperazine rings is 1. The van der Waals surface area contributed by atoms with Gasteiger partial charge in [0.2, 0.25) is 0 Å². The van der Waals surface area contributed by atoms with Crippen LogP contribution in [0.25, 0.3) is 10.2 Å². The molecule has 0 unspecified atom stereocenters. The Labute approximate surface area is 246 Å². The highest BCUT2D eigenvalue weighted by Crippen LogP contribution is 2.35. The second-order valence-electron chi connectivity index (χ2n) is 11.0. The number of likely N-dealkylation sites (N-methyl/N-ethyl adjacent to an activating group) is 1. The normalized spacial score (nSPS) is 22.7. The summed E-state index contributed by atoms with van der Waals surface area (Å²) in [5, 5.41) is 9.45. The number of carbonyl (C=O) groups excluding carboxylic acids is 1. The van der Waals surface area contributed by atoms with E-state index in [4.69, 9.17) is 14.7 Å². The van der Waals surface area contributed by atoms with E-state index in [1.165, 1.54) is 4.90 Å². The number of para-hydroxylation sites is 1. The van der Waals surface area contributed by atoms with E-state index in [9.17, 15) is 18.8 Å². The molecule has 1 amide bonds. The monoisotopic (exact) mass is 594 g/mol. The Morgan fingerprint density at radius 3 is 2.83 bits per heavy atom. The number of likely N-dealkylation sites (tertiary alicyclic amines) is 1. The summed E-state index contributed by atoms with van der Waals surface area (Å²) >= 11 is 1.60. The van der Waals surface area contributed by atoms with Gasteiger partial charge in [-0.2, -0.15) is 15.2 Å². The van der Waals surface area contributed by atoms with E-state index < -0.39 is 23.9 Å². The van der Waals surface area contributed by atoms with Gasteiger partial charge < -0.3 is 19.4 Å². The van der Waals surface area contributed by atoms with Crippen molar-refractivity contribution in [2.45, 2.75) is 44.1 Å². The fourth-order valence-electron chi connectivity index (χ4n) is 6.18. The molecule has 3 aliphatic heterocycles. The SMILES string of the molecule is C=C(F)C(=O)N1CCN(c2nc(OC[C@@H]3C[C@@H](F)CN3C)nc3c2CCN(c2cccc4scnc24)C3)C[C@@H]1CC#N. The van der Waals surface area contributed by atoms with Gasteiger partial charge in [0.05, 0.1) is 46.7 Å². The van der Waals surface area contributed by atoms with Gasteiger partial charge in [-0.1, -0.05) is 12.6 Å². The third kappa shape index (κ3) is 5.48. The summed E-state index contributed by atoms with van der Waals surface area (Å²) < 4.78 is 35.0. The van der Waals surface area contributed by atoms with E-state index in [2.05, 4.69) is 34.7 Å². The van der Waals surface area contributed by atoms with Crippen LogP contribution in [0.4, 0.5) is 20.3 Å². The number of thiazole rings is 1. The summed E-state index contributed by atoms with van der Waals surface area (Å²) in [7, 11) is 1.88. The van der Waals surface area contributed by atoms with E-state index in [1.54, 1.807) is 11.3 Å². The standard InChI is InChI=1S/C29H32F2N8O2S/c1-18(30)28(40)39-11-10-38(14-20(39)6-8-32)27-22-7-9-37(24-4-3-5-25-26(24)33-17-42-25)15-23(22)34-29(35-27)41-16-21-12-19(31)13-36(21)2/h3-5,17,19-21H,1,6-7,9-16H2,2H3/t19-,20+,21+/m1/s1. The molecule has 2 aromatic heterocycles. The van der Waals surface area contributed by atoms with E-state index in [1.807, 2.05) is 28.4 Å². The van der Waals surface area contributed by atoms with Crippen LogP contribution in [0, 0.1) is 11.3 Å². The van der Waals surface area contributed by atoms with Crippen molar-refractivity contribution in [2.75, 3.05) is 56.2 Å². The van der Waals surface area contributed by atoms with Gasteiger partial charge in [-0.05, 0) is 32.0 Å². The highest BCUT2D eigenvalue weighted by Gasteiger charge is 2.35. The van der Waals surface area contributed by atoms with Crippen LogP contribution in [0.2, 0.25) is 0 Å². The van der Waals surface area contributed by atoms with Crippen LogP contribution < -0.4 is 14.5 Å². The number of anilines is 2. The van der Waals surface area contributed by atoms with Crippen molar-refractivity contribution < 1.29 is 18.3 Å². The smallest absolute Gasteiger partial charge is 0.318 e. The molecule has 5 heterocycles. The van der Waals surface area contributed by atoms with Crippen molar-refractivity contribution in [2.24, 2.45) is 0 Å². The highest BCUT2D eigenvalue weighted by atomic mass is 32.1. The predicted molar refractivity (Wildman–Crippen MR) is 156 cm³/mol. The zero-order valence-electron chi connectivity index (χ0n) is 23.4. The molecule has 6 rings (SSSR count). The molecule has 0 bridgehead atoms. The lowest BCUT2D eigenvalue weighted by molar-refractivity contribution is -0.131. The van der Waals surface area contributed by atoms with E-state index in [0.717, 1.165) is 33.7 Å². The van der Waals surface area contributed by atoms with Crippen LogP contribution in [0.1, 0.15) is 24.1 Å². The van der Waals surface area contributed by atoms with E-state index in [-0.39, 0.29) is 31.6 Å². The van der Waals surface area contributed by atoms with Crippen LogP contribution in [-0.2, 0) is 17.8 Å². The number of fused-ring (bicyclic) bond motifs is 2. The molecule has 0 N–H and O–H groups in total. The van der Waals surface area contributed by atoms with Gasteiger partial charge in [0, 0.05) is 44.3 Å². The lowest BCUT2D eigenvalue weighted by Crippen LogP contribution is -2.55. The first kappa shape index (κ1) is 28.2. The summed E-state index contributed by atoms with van der Waals surface area (Å²) in [5.74, 6) is -1.13. The van der Waals surface area contributed by atoms with E-state index >= 15 is 0 Å². The lowest BCUT2D eigenvalue weighted by atomic mass is 10.0. The second-order valence-corrected chi connectivity index (χ2v) is 11.9. The molecule has 220 valence electrons. The molecule has 10 nitrogen and oxygen atoms in total. The summed E-state index contributed by atoms with van der Waals surface area (Å²) in [5.41, 5.74) is 5.65. The average Bonchev–Trinajstić information content (AvgIpc) is 3.60. The average molecular weight is 595 g/mol. The van der Waals surface area contributed by atoms with Crippen molar-refractivity contribution in [3.05, 3.63) is 47.4 Å². The fraction of sp³-hybridized carbons (Fsp3) is 0.483. The number of aromatic nitrogens is 3. The number of ether oxygens (including phenoxy) is 1. The maximum atomic E-state index is 14.0. The Bertz CT molecular complexity index is 1540. The van der Waals surface area contributed by atoms with Gasteiger partial charge in [0.1, 0.15) is 24.1 Å². The molecule has 3 aliphatic rings. The number of benzene rings is 1. The zero-order valence-corrected chi connectivity index (χ0v) is 24.2. The molecule has 2 fully saturated rings. The Morgan fingerprint density at radius 2 is 2.07 bits per heavy atom. The minimum atomic E-state index is -1.04. The molecule has 13 heteroatoms. The minimum Gasteiger partial charge on any atom is -0.462 e. The van der Waals surface area contributed by atoms with Crippen molar-refractivity contribution in [1.29, 1.82) is 5.26 Å². The highest BCUT2D eigenvalue weighted by molar-refractivity contribution is 7.16. The molecule has 0 saturated carbocycles. The quantitative estimate of drug-likeness (QED) is 0.381. The third-order valence-corrected chi connectivity index (χ3v) is 9.14. The maximum absolute atomic E-state index is 14.0. The van der Waals surface area contributed by atoms with Gasteiger partial charge in [-0.15, -0.1) is 11.3 Å². The van der Waals surface area contributed by atoms with Crippen molar-refractivity contribution in [3.63, 3.8) is 0 Å². The van der Waals surface area contributed by atoms with Crippen molar-refractivity contribution in [3.8, 4) is 12.1 Å². The molecule has 2 saturated heterocycles. The molecular formula is C29H32F2N8O2S. The van der Waals surface area contributed by atoms with Crippen LogP contribution in [-0.4, -0.2) is 95.3 Å². The van der Waals surface area contributed by atoms with Gasteiger partial charge in [-0.25, -0.2) is 13.8 Å². The summed E-state index contributed by atoms with van der Waals surface area (Å²) in [6.07, 6.45) is 0.229. The molecular weight excluding hydrogens is 562 g/mol. The van der Waals surface area contributed by atoms with E-state index in [0.29, 0.717) is 44.8 Å². The first-order valence-electron chi connectivity index (χ1n) is 14.0. The summed E-state index contributed by atoms with van der Waals surface area (Å²) in [4.78, 5) is 34.3. The van der Waals surface area contributed by atoms with Gasteiger partial charge in [0.15, 0.2) is 5.83 Å². The number of halogens is 2. The van der Waals surface area contributed by atoms with Crippen LogP contribution >= 0.6 is 11.3 Å². The predicted octanol–water partition coefficient (Wildman–Crippen LogP) is 3.48. The number of hydrogen-bond acceptors (Lipinski definition) is 10. The summed E-state index contributed by atoms with van der Waals surface area (Å²) in [6, 6.07) is 7.89. The zero-order chi connectivity index (χ0) is 29.4. The Kier molecular flexibility index (Phi) is 7.92.